The molecule has 0 saturated carbocycles. The highest BCUT2D eigenvalue weighted by atomic mass is 16.5. The fourth-order valence-electron chi connectivity index (χ4n) is 2.53. The predicted octanol–water partition coefficient (Wildman–Crippen LogP) is 1.66. The van der Waals surface area contributed by atoms with Crippen LogP contribution in [0.3, 0.4) is 0 Å². The highest BCUT2D eigenvalue weighted by Crippen LogP contribution is 2.29. The quantitative estimate of drug-likeness (QED) is 0.737. The van der Waals surface area contributed by atoms with Gasteiger partial charge in [-0.05, 0) is 6.42 Å². The van der Waals surface area contributed by atoms with Crippen LogP contribution in [0.4, 0.5) is 0 Å². The number of hydrogen-bond donors (Lipinski definition) is 0. The molecule has 2 rings (SSSR count). The standard InChI is InChI=1S/C15H16N2O3/c16-8-6-14(19)13-7-9-17(10-13)15(20-11-18)12-4-2-1-3-5-12/h1-5,11,13,15H,6-7,9-10H2. The molecule has 0 amide bonds. The topological polar surface area (TPSA) is 70.4 Å². The number of benzene rings is 1. The Balaban J connectivity index is 2.07. The first kappa shape index (κ1) is 14.2. The van der Waals surface area contributed by atoms with Gasteiger partial charge in [0.2, 0.25) is 0 Å². The molecule has 5 nitrogen and oxygen atoms in total. The number of ether oxygens (including phenoxy) is 1. The molecule has 20 heavy (non-hydrogen) atoms. The van der Waals surface area contributed by atoms with Crippen molar-refractivity contribution < 1.29 is 14.3 Å². The first-order valence-electron chi connectivity index (χ1n) is 6.54. The Morgan fingerprint density at radius 2 is 2.25 bits per heavy atom. The second-order valence-corrected chi connectivity index (χ2v) is 4.78. The van der Waals surface area contributed by atoms with E-state index in [0.29, 0.717) is 26.0 Å². The summed E-state index contributed by atoms with van der Waals surface area (Å²) in [7, 11) is 0. The van der Waals surface area contributed by atoms with Crippen molar-refractivity contribution in [3.05, 3.63) is 35.9 Å². The van der Waals surface area contributed by atoms with Crippen molar-refractivity contribution in [3.8, 4) is 6.07 Å². The number of likely N-dealkylation sites (tertiary alicyclic amines) is 1. The average molecular weight is 272 g/mol. The van der Waals surface area contributed by atoms with Crippen molar-refractivity contribution in [2.24, 2.45) is 5.92 Å². The molecule has 1 aliphatic heterocycles. The van der Waals surface area contributed by atoms with Gasteiger partial charge in [0.15, 0.2) is 12.0 Å². The van der Waals surface area contributed by atoms with E-state index in [2.05, 4.69) is 0 Å². The number of nitrogens with zero attached hydrogens (tertiary/aromatic N) is 2. The number of rotatable bonds is 6. The Hall–Kier alpha value is -2.19. The molecule has 1 aromatic carbocycles. The zero-order valence-electron chi connectivity index (χ0n) is 11.1. The van der Waals surface area contributed by atoms with Gasteiger partial charge in [-0.25, -0.2) is 0 Å². The van der Waals surface area contributed by atoms with Crippen molar-refractivity contribution in [3.63, 3.8) is 0 Å². The van der Waals surface area contributed by atoms with Crippen molar-refractivity contribution in [1.82, 2.24) is 4.90 Å². The van der Waals surface area contributed by atoms with E-state index in [1.165, 1.54) is 0 Å². The first-order chi connectivity index (χ1) is 9.76. The minimum atomic E-state index is -0.464. The second-order valence-electron chi connectivity index (χ2n) is 4.78. The Morgan fingerprint density at radius 3 is 2.90 bits per heavy atom. The first-order valence-corrected chi connectivity index (χ1v) is 6.54. The van der Waals surface area contributed by atoms with Crippen LogP contribution in [0.1, 0.15) is 24.6 Å². The minimum absolute atomic E-state index is 0.0343. The Morgan fingerprint density at radius 1 is 1.50 bits per heavy atom. The fourth-order valence-corrected chi connectivity index (χ4v) is 2.53. The molecule has 1 fully saturated rings. The summed E-state index contributed by atoms with van der Waals surface area (Å²) in [6.07, 6.45) is 0.184. The predicted molar refractivity (Wildman–Crippen MR) is 71.2 cm³/mol. The van der Waals surface area contributed by atoms with E-state index < -0.39 is 6.23 Å². The van der Waals surface area contributed by atoms with E-state index >= 15 is 0 Å². The molecule has 1 aliphatic rings. The number of hydrogen-bond acceptors (Lipinski definition) is 5. The third-order valence-corrected chi connectivity index (χ3v) is 3.53. The average Bonchev–Trinajstić information content (AvgIpc) is 2.95. The van der Waals surface area contributed by atoms with Crippen LogP contribution in [0.15, 0.2) is 30.3 Å². The summed E-state index contributed by atoms with van der Waals surface area (Å²) in [5.41, 5.74) is 0.882. The molecular formula is C15H16N2O3. The van der Waals surface area contributed by atoms with Gasteiger partial charge >= 0.3 is 0 Å². The van der Waals surface area contributed by atoms with E-state index in [9.17, 15) is 9.59 Å². The van der Waals surface area contributed by atoms with Crippen molar-refractivity contribution in [1.29, 1.82) is 5.26 Å². The summed E-state index contributed by atoms with van der Waals surface area (Å²) in [6.45, 7) is 1.63. The van der Waals surface area contributed by atoms with Crippen LogP contribution in [-0.2, 0) is 14.3 Å². The van der Waals surface area contributed by atoms with Crippen LogP contribution in [0.25, 0.3) is 0 Å². The van der Waals surface area contributed by atoms with Crippen LogP contribution in [0, 0.1) is 17.2 Å². The lowest BCUT2D eigenvalue weighted by Gasteiger charge is -2.26. The van der Waals surface area contributed by atoms with Crippen LogP contribution in [-0.4, -0.2) is 30.2 Å². The van der Waals surface area contributed by atoms with Crippen LogP contribution >= 0.6 is 0 Å². The monoisotopic (exact) mass is 272 g/mol. The maximum atomic E-state index is 11.7. The molecule has 0 spiro atoms. The van der Waals surface area contributed by atoms with Gasteiger partial charge < -0.3 is 4.74 Å². The van der Waals surface area contributed by atoms with Crippen molar-refractivity contribution in [2.45, 2.75) is 19.1 Å². The van der Waals surface area contributed by atoms with E-state index in [4.69, 9.17) is 10.00 Å². The SMILES string of the molecule is N#CCC(=O)C1CCN(C(OC=O)c2ccccc2)C1. The Bertz CT molecular complexity index is 510. The molecule has 2 atom stereocenters. The number of nitriles is 1. The maximum Gasteiger partial charge on any atom is 0.294 e. The third-order valence-electron chi connectivity index (χ3n) is 3.53. The molecule has 0 radical (unpaired) electrons. The second kappa shape index (κ2) is 6.83. The lowest BCUT2D eigenvalue weighted by molar-refractivity contribution is -0.143. The highest BCUT2D eigenvalue weighted by molar-refractivity contribution is 5.83. The number of carbonyl (C=O) groups excluding carboxylic acids is 2. The number of carbonyl (C=O) groups is 2. The van der Waals surface area contributed by atoms with Crippen molar-refractivity contribution >= 4 is 12.3 Å². The van der Waals surface area contributed by atoms with Gasteiger partial charge in [-0.3, -0.25) is 14.5 Å². The molecular weight excluding hydrogens is 256 g/mol. The van der Waals surface area contributed by atoms with Gasteiger partial charge in [-0.2, -0.15) is 5.26 Å². The lowest BCUT2D eigenvalue weighted by Crippen LogP contribution is -2.29. The minimum Gasteiger partial charge on any atom is -0.444 e. The molecule has 104 valence electrons. The molecule has 5 heteroatoms. The molecule has 1 aromatic rings. The van der Waals surface area contributed by atoms with E-state index in [-0.39, 0.29) is 18.1 Å². The van der Waals surface area contributed by atoms with Crippen LogP contribution < -0.4 is 0 Å². The molecule has 2 unspecified atom stereocenters. The summed E-state index contributed by atoms with van der Waals surface area (Å²) in [5.74, 6) is -0.177. The van der Waals surface area contributed by atoms with E-state index in [1.54, 1.807) is 0 Å². The largest absolute Gasteiger partial charge is 0.444 e. The van der Waals surface area contributed by atoms with Crippen molar-refractivity contribution in [2.75, 3.05) is 13.1 Å². The summed E-state index contributed by atoms with van der Waals surface area (Å²) in [4.78, 5) is 24.4. The molecule has 0 bridgehead atoms. The normalized spacial score (nSPS) is 20.1. The third kappa shape index (κ3) is 3.22. The number of Topliss-reactive ketones (excluding diaryl/α,β-unsaturated/α-hetero) is 1. The fraction of sp³-hybridized carbons (Fsp3) is 0.400. The maximum absolute atomic E-state index is 11.7. The van der Waals surface area contributed by atoms with Gasteiger partial charge in [0.25, 0.3) is 6.47 Å². The zero-order valence-corrected chi connectivity index (χ0v) is 11.1. The molecule has 0 N–H and O–H groups in total. The van der Waals surface area contributed by atoms with Gasteiger partial charge in [0.05, 0.1) is 12.5 Å². The van der Waals surface area contributed by atoms with E-state index in [0.717, 1.165) is 5.56 Å². The van der Waals surface area contributed by atoms with Gasteiger partial charge in [-0.15, -0.1) is 0 Å². The highest BCUT2D eigenvalue weighted by Gasteiger charge is 2.33. The Labute approximate surface area is 117 Å². The summed E-state index contributed by atoms with van der Waals surface area (Å²) in [5, 5.41) is 8.58. The summed E-state index contributed by atoms with van der Waals surface area (Å²) in [6, 6.07) is 11.3. The zero-order chi connectivity index (χ0) is 14.4. The molecule has 0 aromatic heterocycles. The summed E-state index contributed by atoms with van der Waals surface area (Å²) >= 11 is 0. The Kier molecular flexibility index (Phi) is 4.85. The van der Waals surface area contributed by atoms with Gasteiger partial charge in [0.1, 0.15) is 0 Å². The summed E-state index contributed by atoms with van der Waals surface area (Å²) < 4.78 is 5.17. The molecule has 1 saturated heterocycles. The smallest absolute Gasteiger partial charge is 0.294 e. The molecule has 1 heterocycles. The van der Waals surface area contributed by atoms with E-state index in [1.807, 2.05) is 41.3 Å². The number of ketones is 1. The van der Waals surface area contributed by atoms with Crippen LogP contribution in [0.2, 0.25) is 0 Å². The molecule has 0 aliphatic carbocycles. The lowest BCUT2D eigenvalue weighted by atomic mass is 10.0. The van der Waals surface area contributed by atoms with Gasteiger partial charge in [0, 0.05) is 24.6 Å². The van der Waals surface area contributed by atoms with Crippen LogP contribution in [0.5, 0.6) is 0 Å². The van der Waals surface area contributed by atoms with Gasteiger partial charge in [-0.1, -0.05) is 30.3 Å².